The Kier molecular flexibility index (Phi) is 3.83. The van der Waals surface area contributed by atoms with Crippen molar-refractivity contribution in [1.82, 2.24) is 10.6 Å². The second-order valence-corrected chi connectivity index (χ2v) is 7.40. The molecule has 1 saturated carbocycles. The molecule has 5 heteroatoms. The van der Waals surface area contributed by atoms with Gasteiger partial charge >= 0.3 is 0 Å². The van der Waals surface area contributed by atoms with Crippen LogP contribution in [0.15, 0.2) is 36.4 Å². The lowest BCUT2D eigenvalue weighted by atomic mass is 10.0. The number of piperidine rings is 1. The number of rotatable bonds is 4. The second-order valence-electron chi connectivity index (χ2n) is 6.31. The zero-order valence-corrected chi connectivity index (χ0v) is 13.9. The molecule has 2 fully saturated rings. The van der Waals surface area contributed by atoms with Crippen LogP contribution in [-0.4, -0.2) is 31.6 Å². The van der Waals surface area contributed by atoms with Gasteiger partial charge in [-0.3, -0.25) is 4.79 Å². The second kappa shape index (κ2) is 5.98. The number of hydrogen-bond acceptors (Lipinski definition) is 4. The molecule has 120 valence electrons. The Morgan fingerprint density at radius 2 is 2.22 bits per heavy atom. The standard InChI is InChI=1S/C18H20N2O2S/c1-22-14-4-2-3-11(8-14)16-5-6-17(23-16)18(21)20-15-9-13-7-12(15)10-19-13/h2-6,8,12-13,15,19H,7,9-10H2,1H3,(H,20,21). The van der Waals surface area contributed by atoms with E-state index in [9.17, 15) is 4.79 Å². The van der Waals surface area contributed by atoms with E-state index in [1.165, 1.54) is 17.8 Å². The summed E-state index contributed by atoms with van der Waals surface area (Å²) in [6.07, 6.45) is 2.26. The molecule has 23 heavy (non-hydrogen) atoms. The summed E-state index contributed by atoms with van der Waals surface area (Å²) in [6, 6.07) is 12.8. The van der Waals surface area contributed by atoms with E-state index in [1.807, 2.05) is 36.4 Å². The van der Waals surface area contributed by atoms with Crippen molar-refractivity contribution in [3.8, 4) is 16.2 Å². The van der Waals surface area contributed by atoms with E-state index < -0.39 is 0 Å². The van der Waals surface area contributed by atoms with Crippen LogP contribution in [-0.2, 0) is 0 Å². The molecule has 4 rings (SSSR count). The lowest BCUT2D eigenvalue weighted by molar-refractivity contribution is 0.0929. The van der Waals surface area contributed by atoms with Crippen LogP contribution >= 0.6 is 11.3 Å². The van der Waals surface area contributed by atoms with Gasteiger partial charge in [-0.05, 0) is 48.6 Å². The van der Waals surface area contributed by atoms with Crippen LogP contribution < -0.4 is 15.4 Å². The maximum atomic E-state index is 12.5. The number of fused-ring (bicyclic) bond motifs is 2. The van der Waals surface area contributed by atoms with Crippen LogP contribution in [0.5, 0.6) is 5.75 Å². The highest BCUT2D eigenvalue weighted by molar-refractivity contribution is 7.17. The lowest BCUT2D eigenvalue weighted by Crippen LogP contribution is -2.43. The summed E-state index contributed by atoms with van der Waals surface area (Å²) in [6.45, 7) is 1.04. The molecule has 1 aliphatic heterocycles. The molecule has 2 bridgehead atoms. The van der Waals surface area contributed by atoms with E-state index in [0.29, 0.717) is 18.0 Å². The van der Waals surface area contributed by atoms with E-state index in [2.05, 4.69) is 10.6 Å². The molecule has 1 aromatic heterocycles. The summed E-state index contributed by atoms with van der Waals surface area (Å²) >= 11 is 1.53. The average molecular weight is 328 g/mol. The molecule has 3 atom stereocenters. The maximum Gasteiger partial charge on any atom is 0.261 e. The minimum atomic E-state index is 0.0571. The van der Waals surface area contributed by atoms with Gasteiger partial charge in [0, 0.05) is 23.5 Å². The van der Waals surface area contributed by atoms with Gasteiger partial charge in [-0.2, -0.15) is 0 Å². The summed E-state index contributed by atoms with van der Waals surface area (Å²) in [5.74, 6) is 1.49. The maximum absolute atomic E-state index is 12.5. The summed E-state index contributed by atoms with van der Waals surface area (Å²) in [7, 11) is 1.66. The highest BCUT2D eigenvalue weighted by Gasteiger charge is 2.40. The molecular formula is C18H20N2O2S. The van der Waals surface area contributed by atoms with Gasteiger partial charge in [0.25, 0.3) is 5.91 Å². The number of nitrogens with one attached hydrogen (secondary N) is 2. The monoisotopic (exact) mass is 328 g/mol. The number of hydrogen-bond donors (Lipinski definition) is 2. The number of thiophene rings is 1. The summed E-state index contributed by atoms with van der Waals surface area (Å²) in [5.41, 5.74) is 1.08. The molecule has 4 nitrogen and oxygen atoms in total. The molecular weight excluding hydrogens is 308 g/mol. The average Bonchev–Trinajstić information content (AvgIpc) is 3.31. The molecule has 0 radical (unpaired) electrons. The van der Waals surface area contributed by atoms with Crippen LogP contribution in [0.3, 0.4) is 0 Å². The number of carbonyl (C=O) groups is 1. The topological polar surface area (TPSA) is 50.4 Å². The van der Waals surface area contributed by atoms with Crippen molar-refractivity contribution in [2.45, 2.75) is 24.9 Å². The normalized spacial score (nSPS) is 25.5. The molecule has 2 heterocycles. The Bertz CT molecular complexity index is 727. The van der Waals surface area contributed by atoms with Crippen LogP contribution in [0.2, 0.25) is 0 Å². The van der Waals surface area contributed by atoms with Crippen molar-refractivity contribution in [3.05, 3.63) is 41.3 Å². The van der Waals surface area contributed by atoms with Gasteiger partial charge in [-0.1, -0.05) is 12.1 Å². The summed E-state index contributed by atoms with van der Waals surface area (Å²) in [4.78, 5) is 14.4. The van der Waals surface area contributed by atoms with Crippen LogP contribution in [0.1, 0.15) is 22.5 Å². The van der Waals surface area contributed by atoms with Crippen molar-refractivity contribution < 1.29 is 9.53 Å². The predicted molar refractivity (Wildman–Crippen MR) is 92.1 cm³/mol. The Balaban J connectivity index is 1.47. The lowest BCUT2D eigenvalue weighted by Gasteiger charge is -2.23. The van der Waals surface area contributed by atoms with Crippen molar-refractivity contribution in [2.24, 2.45) is 5.92 Å². The van der Waals surface area contributed by atoms with Gasteiger partial charge in [-0.25, -0.2) is 0 Å². The van der Waals surface area contributed by atoms with Gasteiger partial charge in [0.15, 0.2) is 0 Å². The SMILES string of the molecule is COc1cccc(-c2ccc(C(=O)NC3CC4CC3CN4)s2)c1. The van der Waals surface area contributed by atoms with Gasteiger partial charge in [0.05, 0.1) is 12.0 Å². The van der Waals surface area contributed by atoms with Gasteiger partial charge in [0.1, 0.15) is 5.75 Å². The van der Waals surface area contributed by atoms with Crippen LogP contribution in [0, 0.1) is 5.92 Å². The molecule has 1 aromatic carbocycles. The van der Waals surface area contributed by atoms with Crippen molar-refractivity contribution >= 4 is 17.2 Å². The van der Waals surface area contributed by atoms with Gasteiger partial charge in [0.2, 0.25) is 0 Å². The number of benzene rings is 1. The number of ether oxygens (including phenoxy) is 1. The minimum absolute atomic E-state index is 0.0571. The first-order valence-corrected chi connectivity index (χ1v) is 8.83. The number of methoxy groups -OCH3 is 1. The molecule has 1 aliphatic carbocycles. The first-order valence-electron chi connectivity index (χ1n) is 8.01. The zero-order chi connectivity index (χ0) is 15.8. The van der Waals surface area contributed by atoms with E-state index in [-0.39, 0.29) is 5.91 Å². The summed E-state index contributed by atoms with van der Waals surface area (Å²) < 4.78 is 5.27. The third-order valence-corrected chi connectivity index (χ3v) is 6.00. The van der Waals surface area contributed by atoms with Crippen LogP contribution in [0.4, 0.5) is 0 Å². The Morgan fingerprint density at radius 1 is 1.30 bits per heavy atom. The number of carbonyl (C=O) groups excluding carboxylic acids is 1. The van der Waals surface area contributed by atoms with Crippen molar-refractivity contribution in [1.29, 1.82) is 0 Å². The van der Waals surface area contributed by atoms with E-state index >= 15 is 0 Å². The molecule has 2 aromatic rings. The van der Waals surface area contributed by atoms with Gasteiger partial charge < -0.3 is 15.4 Å². The van der Waals surface area contributed by atoms with Gasteiger partial charge in [-0.15, -0.1) is 11.3 Å². The van der Waals surface area contributed by atoms with Crippen LogP contribution in [0.25, 0.3) is 10.4 Å². The Labute approximate surface area is 139 Å². The van der Waals surface area contributed by atoms with Crippen molar-refractivity contribution in [2.75, 3.05) is 13.7 Å². The molecule has 3 unspecified atom stereocenters. The smallest absolute Gasteiger partial charge is 0.261 e. The molecule has 1 amide bonds. The Hall–Kier alpha value is -1.85. The fraction of sp³-hybridized carbons (Fsp3) is 0.389. The Morgan fingerprint density at radius 3 is 2.96 bits per heavy atom. The number of amides is 1. The fourth-order valence-corrected chi connectivity index (χ4v) is 4.55. The zero-order valence-electron chi connectivity index (χ0n) is 13.0. The highest BCUT2D eigenvalue weighted by atomic mass is 32.1. The molecule has 0 spiro atoms. The predicted octanol–water partition coefficient (Wildman–Crippen LogP) is 2.90. The fourth-order valence-electron chi connectivity index (χ4n) is 3.64. The largest absolute Gasteiger partial charge is 0.497 e. The quantitative estimate of drug-likeness (QED) is 0.907. The molecule has 2 N–H and O–H groups in total. The third-order valence-electron chi connectivity index (χ3n) is 4.86. The van der Waals surface area contributed by atoms with E-state index in [0.717, 1.165) is 34.0 Å². The molecule has 2 aliphatic rings. The van der Waals surface area contributed by atoms with E-state index in [4.69, 9.17) is 4.74 Å². The summed E-state index contributed by atoms with van der Waals surface area (Å²) in [5, 5.41) is 6.70. The minimum Gasteiger partial charge on any atom is -0.497 e. The first kappa shape index (κ1) is 14.7. The first-order chi connectivity index (χ1) is 11.2. The van der Waals surface area contributed by atoms with Crippen molar-refractivity contribution in [3.63, 3.8) is 0 Å². The third kappa shape index (κ3) is 2.86. The molecule has 1 saturated heterocycles. The highest BCUT2D eigenvalue weighted by Crippen LogP contribution is 2.33. The van der Waals surface area contributed by atoms with E-state index in [1.54, 1.807) is 7.11 Å².